The Hall–Kier alpha value is -0.510. The highest BCUT2D eigenvalue weighted by atomic mass is 14.4. The summed E-state index contributed by atoms with van der Waals surface area (Å²) in [5.41, 5.74) is 0.427. The monoisotopic (exact) mass is 249 g/mol. The molecule has 1 fully saturated rings. The van der Waals surface area contributed by atoms with Gasteiger partial charge in [0.1, 0.15) is 0 Å². The molecule has 0 amide bonds. The van der Waals surface area contributed by atoms with E-state index < -0.39 is 0 Å². The van der Waals surface area contributed by atoms with E-state index in [9.17, 15) is 5.26 Å². The Kier molecular flexibility index (Phi) is 5.26. The summed E-state index contributed by atoms with van der Waals surface area (Å²) in [6.07, 6.45) is 8.38. The van der Waals surface area contributed by atoms with Gasteiger partial charge in [-0.1, -0.05) is 47.5 Å². The van der Waals surface area contributed by atoms with Crippen LogP contribution in [0.1, 0.15) is 79.6 Å². The number of rotatable bonds is 4. The molecule has 1 nitrogen and oxygen atoms in total. The normalized spacial score (nSPS) is 29.3. The minimum atomic E-state index is 0.0106. The minimum Gasteiger partial charge on any atom is -0.198 e. The molecular weight excluding hydrogens is 218 g/mol. The molecule has 1 aliphatic rings. The van der Waals surface area contributed by atoms with Crippen LogP contribution in [0, 0.1) is 34.0 Å². The van der Waals surface area contributed by atoms with E-state index in [2.05, 4.69) is 40.7 Å². The number of nitrogens with zero attached hydrogens (tertiary/aromatic N) is 1. The van der Waals surface area contributed by atoms with E-state index >= 15 is 0 Å². The molecule has 0 aromatic rings. The summed E-state index contributed by atoms with van der Waals surface area (Å²) < 4.78 is 0. The summed E-state index contributed by atoms with van der Waals surface area (Å²) in [6, 6.07) is 2.66. The van der Waals surface area contributed by atoms with Gasteiger partial charge in [-0.3, -0.25) is 0 Å². The Morgan fingerprint density at radius 2 is 1.78 bits per heavy atom. The predicted octanol–water partition coefficient (Wildman–Crippen LogP) is 5.56. The first-order valence-corrected chi connectivity index (χ1v) is 7.70. The maximum absolute atomic E-state index is 9.55. The van der Waals surface area contributed by atoms with Crippen molar-refractivity contribution in [2.45, 2.75) is 79.6 Å². The Labute approximate surface area is 114 Å². The highest BCUT2D eigenvalue weighted by molar-refractivity contribution is 5.02. The summed E-state index contributed by atoms with van der Waals surface area (Å²) in [4.78, 5) is 0. The molecule has 0 aromatic heterocycles. The van der Waals surface area contributed by atoms with E-state index in [-0.39, 0.29) is 5.41 Å². The second kappa shape index (κ2) is 6.09. The van der Waals surface area contributed by atoms with E-state index in [1.54, 1.807) is 0 Å². The van der Waals surface area contributed by atoms with Crippen LogP contribution >= 0.6 is 0 Å². The molecule has 1 heteroatoms. The Morgan fingerprint density at radius 1 is 1.22 bits per heavy atom. The quantitative estimate of drug-likeness (QED) is 0.640. The molecule has 1 saturated carbocycles. The fourth-order valence-electron chi connectivity index (χ4n) is 3.30. The van der Waals surface area contributed by atoms with Crippen molar-refractivity contribution in [3.8, 4) is 6.07 Å². The van der Waals surface area contributed by atoms with Crippen molar-refractivity contribution >= 4 is 0 Å². The van der Waals surface area contributed by atoms with Gasteiger partial charge in [0.25, 0.3) is 0 Å². The van der Waals surface area contributed by atoms with Gasteiger partial charge in [-0.15, -0.1) is 0 Å². The first kappa shape index (κ1) is 15.5. The fraction of sp³-hybridized carbons (Fsp3) is 0.941. The van der Waals surface area contributed by atoms with Gasteiger partial charge in [0.05, 0.1) is 11.5 Å². The minimum absolute atomic E-state index is 0.0106. The van der Waals surface area contributed by atoms with Gasteiger partial charge in [-0.2, -0.15) is 5.26 Å². The van der Waals surface area contributed by atoms with Gasteiger partial charge in [0, 0.05) is 0 Å². The molecular formula is C17H31N. The van der Waals surface area contributed by atoms with Crippen LogP contribution in [0.25, 0.3) is 0 Å². The van der Waals surface area contributed by atoms with Crippen LogP contribution in [-0.2, 0) is 0 Å². The van der Waals surface area contributed by atoms with Gasteiger partial charge < -0.3 is 0 Å². The molecule has 1 aliphatic carbocycles. The van der Waals surface area contributed by atoms with Crippen LogP contribution in [0.4, 0.5) is 0 Å². The van der Waals surface area contributed by atoms with Crippen LogP contribution in [0.2, 0.25) is 0 Å². The molecule has 0 atom stereocenters. The predicted molar refractivity (Wildman–Crippen MR) is 78.1 cm³/mol. The van der Waals surface area contributed by atoms with Crippen LogP contribution < -0.4 is 0 Å². The van der Waals surface area contributed by atoms with Crippen molar-refractivity contribution in [3.05, 3.63) is 0 Å². The van der Waals surface area contributed by atoms with Gasteiger partial charge in [0.2, 0.25) is 0 Å². The molecule has 0 aliphatic heterocycles. The average molecular weight is 249 g/mol. The number of hydrogen-bond acceptors (Lipinski definition) is 1. The Bertz CT molecular complexity index is 282. The summed E-state index contributed by atoms with van der Waals surface area (Å²) in [7, 11) is 0. The number of hydrogen-bond donors (Lipinski definition) is 0. The van der Waals surface area contributed by atoms with Crippen molar-refractivity contribution in [2.75, 3.05) is 0 Å². The second-order valence-corrected chi connectivity index (χ2v) is 7.82. The summed E-state index contributed by atoms with van der Waals surface area (Å²) >= 11 is 0. The molecule has 0 aromatic carbocycles. The smallest absolute Gasteiger partial charge is 0.0689 e. The van der Waals surface area contributed by atoms with Gasteiger partial charge in [-0.05, 0) is 49.4 Å². The van der Waals surface area contributed by atoms with Crippen molar-refractivity contribution in [1.29, 1.82) is 5.26 Å². The Morgan fingerprint density at radius 3 is 2.17 bits per heavy atom. The first-order valence-electron chi connectivity index (χ1n) is 7.70. The molecule has 0 N–H and O–H groups in total. The van der Waals surface area contributed by atoms with Gasteiger partial charge in [-0.25, -0.2) is 0 Å². The zero-order valence-electron chi connectivity index (χ0n) is 13.1. The van der Waals surface area contributed by atoms with Crippen LogP contribution in [0.3, 0.4) is 0 Å². The zero-order chi connectivity index (χ0) is 13.8. The SMILES string of the molecule is CC(C)CCCC1(C#N)CCC(C(C)(C)C)CC1. The van der Waals surface area contributed by atoms with Crippen molar-refractivity contribution in [2.24, 2.45) is 22.7 Å². The van der Waals surface area contributed by atoms with Crippen LogP contribution in [0.15, 0.2) is 0 Å². The van der Waals surface area contributed by atoms with Crippen LogP contribution in [-0.4, -0.2) is 0 Å². The van der Waals surface area contributed by atoms with E-state index in [0.717, 1.165) is 31.1 Å². The molecule has 0 radical (unpaired) electrons. The first-order chi connectivity index (χ1) is 8.29. The lowest BCUT2D eigenvalue weighted by Crippen LogP contribution is -2.31. The van der Waals surface area contributed by atoms with Gasteiger partial charge in [0.15, 0.2) is 0 Å². The van der Waals surface area contributed by atoms with Crippen molar-refractivity contribution in [1.82, 2.24) is 0 Å². The lowest BCUT2D eigenvalue weighted by atomic mass is 9.63. The molecule has 104 valence electrons. The summed E-state index contributed by atoms with van der Waals surface area (Å²) in [6.45, 7) is 11.6. The summed E-state index contributed by atoms with van der Waals surface area (Å²) in [5, 5.41) is 9.55. The second-order valence-electron chi connectivity index (χ2n) is 7.82. The zero-order valence-corrected chi connectivity index (χ0v) is 13.1. The van der Waals surface area contributed by atoms with Gasteiger partial charge >= 0.3 is 0 Å². The van der Waals surface area contributed by atoms with E-state index in [1.807, 2.05) is 0 Å². The lowest BCUT2D eigenvalue weighted by Gasteiger charge is -2.40. The van der Waals surface area contributed by atoms with Crippen molar-refractivity contribution in [3.63, 3.8) is 0 Å². The fourth-order valence-corrected chi connectivity index (χ4v) is 3.30. The van der Waals surface area contributed by atoms with Crippen LogP contribution in [0.5, 0.6) is 0 Å². The third kappa shape index (κ3) is 4.30. The molecule has 0 spiro atoms. The third-order valence-corrected chi connectivity index (χ3v) is 4.84. The maximum Gasteiger partial charge on any atom is 0.0689 e. The molecule has 0 bridgehead atoms. The average Bonchev–Trinajstić information content (AvgIpc) is 2.28. The molecule has 0 unspecified atom stereocenters. The van der Waals surface area contributed by atoms with Crippen molar-refractivity contribution < 1.29 is 0 Å². The standard InChI is InChI=1S/C17H31N/c1-14(2)7-6-10-17(13-18)11-8-15(9-12-17)16(3,4)5/h14-15H,6-12H2,1-5H3. The van der Waals surface area contributed by atoms with E-state index in [0.29, 0.717) is 5.41 Å². The lowest BCUT2D eigenvalue weighted by molar-refractivity contribution is 0.113. The topological polar surface area (TPSA) is 23.8 Å². The third-order valence-electron chi connectivity index (χ3n) is 4.84. The largest absolute Gasteiger partial charge is 0.198 e. The maximum atomic E-state index is 9.55. The van der Waals surface area contributed by atoms with E-state index in [4.69, 9.17) is 0 Å². The molecule has 0 saturated heterocycles. The Balaban J connectivity index is 2.48. The van der Waals surface area contributed by atoms with E-state index in [1.165, 1.54) is 25.7 Å². The number of nitriles is 1. The highest BCUT2D eigenvalue weighted by Crippen LogP contribution is 2.47. The highest BCUT2D eigenvalue weighted by Gasteiger charge is 2.38. The molecule has 18 heavy (non-hydrogen) atoms. The molecule has 1 rings (SSSR count). The molecule has 0 heterocycles. The summed E-state index contributed by atoms with van der Waals surface area (Å²) in [5.74, 6) is 1.58.